The van der Waals surface area contributed by atoms with E-state index in [1.54, 1.807) is 38.3 Å². The highest BCUT2D eigenvalue weighted by Crippen LogP contribution is 2.24. The van der Waals surface area contributed by atoms with Crippen molar-refractivity contribution in [1.82, 2.24) is 9.80 Å². The molecule has 1 amide bonds. The minimum Gasteiger partial charge on any atom is -0.497 e. The maximum Gasteiger partial charge on any atom is 0.416 e. The van der Waals surface area contributed by atoms with Crippen LogP contribution in [0.3, 0.4) is 0 Å². The molecule has 1 aliphatic heterocycles. The highest BCUT2D eigenvalue weighted by molar-refractivity contribution is 7.10. The summed E-state index contributed by atoms with van der Waals surface area (Å²) < 4.78 is 21.6. The van der Waals surface area contributed by atoms with E-state index in [4.69, 9.17) is 18.9 Å². The third-order valence-electron chi connectivity index (χ3n) is 6.01. The van der Waals surface area contributed by atoms with Crippen molar-refractivity contribution in [3.05, 3.63) is 76.0 Å². The molecule has 0 fully saturated rings. The molecule has 196 valence electrons. The predicted octanol–water partition coefficient (Wildman–Crippen LogP) is 4.76. The Bertz CT molecular complexity index is 1160. The quantitative estimate of drug-likeness (QED) is 0.335. The Morgan fingerprint density at radius 2 is 1.73 bits per heavy atom. The van der Waals surface area contributed by atoms with E-state index in [1.807, 2.05) is 35.6 Å². The van der Waals surface area contributed by atoms with Gasteiger partial charge in [-0.1, -0.05) is 12.1 Å². The second kappa shape index (κ2) is 13.1. The van der Waals surface area contributed by atoms with Gasteiger partial charge in [-0.05, 0) is 72.3 Å². The first kappa shape index (κ1) is 26.5. The topological polar surface area (TPSA) is 77.5 Å². The molecule has 0 spiro atoms. The molecule has 4 rings (SSSR count). The van der Waals surface area contributed by atoms with Gasteiger partial charge in [0.25, 0.3) is 0 Å². The standard InChI is InChI=1S/C28H32N2O6S/c1-3-34-27(31)20-30(28(32)36-25-10-8-23(33-2)9-11-25)18-21-4-6-24(7-5-21)35-16-15-29-14-12-26-22(19-29)13-17-37-26/h4-11,13,17H,3,12,14-16,18-20H2,1-2H3. The molecule has 0 unspecified atom stereocenters. The molecule has 37 heavy (non-hydrogen) atoms. The first-order chi connectivity index (χ1) is 18.0. The summed E-state index contributed by atoms with van der Waals surface area (Å²) in [6.45, 7) is 5.42. The first-order valence-corrected chi connectivity index (χ1v) is 13.2. The van der Waals surface area contributed by atoms with Crippen LogP contribution in [0.1, 0.15) is 22.9 Å². The van der Waals surface area contributed by atoms with Gasteiger partial charge in [0.15, 0.2) is 0 Å². The predicted molar refractivity (Wildman–Crippen MR) is 141 cm³/mol. The highest BCUT2D eigenvalue weighted by atomic mass is 32.1. The molecule has 9 heteroatoms. The number of benzene rings is 2. The summed E-state index contributed by atoms with van der Waals surface area (Å²) in [5, 5.41) is 2.17. The third kappa shape index (κ3) is 7.71. The van der Waals surface area contributed by atoms with Crippen molar-refractivity contribution in [3.8, 4) is 17.2 Å². The number of carbonyl (C=O) groups excluding carboxylic acids is 2. The molecule has 0 saturated heterocycles. The Hall–Kier alpha value is -3.56. The number of hydrogen-bond donors (Lipinski definition) is 0. The number of fused-ring (bicyclic) bond motifs is 1. The number of carbonyl (C=O) groups is 2. The number of hydrogen-bond acceptors (Lipinski definition) is 8. The molecule has 0 atom stereocenters. The van der Waals surface area contributed by atoms with Crippen LogP contribution in [0.2, 0.25) is 0 Å². The summed E-state index contributed by atoms with van der Waals surface area (Å²) >= 11 is 1.84. The molecule has 0 bridgehead atoms. The molecule has 0 saturated carbocycles. The molecule has 0 N–H and O–H groups in total. The smallest absolute Gasteiger partial charge is 0.416 e. The Kier molecular flexibility index (Phi) is 9.40. The second-order valence-corrected chi connectivity index (χ2v) is 9.59. The van der Waals surface area contributed by atoms with Gasteiger partial charge >= 0.3 is 12.1 Å². The molecule has 2 aromatic carbocycles. The van der Waals surface area contributed by atoms with E-state index in [1.165, 1.54) is 15.3 Å². The van der Waals surface area contributed by atoms with E-state index < -0.39 is 12.1 Å². The van der Waals surface area contributed by atoms with Crippen LogP contribution in [0.15, 0.2) is 60.0 Å². The normalized spacial score (nSPS) is 12.9. The van der Waals surface area contributed by atoms with E-state index in [9.17, 15) is 9.59 Å². The summed E-state index contributed by atoms with van der Waals surface area (Å²) in [6, 6.07) is 16.4. The molecule has 8 nitrogen and oxygen atoms in total. The number of methoxy groups -OCH3 is 1. The lowest BCUT2D eigenvalue weighted by Gasteiger charge is -2.26. The fourth-order valence-electron chi connectivity index (χ4n) is 4.06. The van der Waals surface area contributed by atoms with Crippen molar-refractivity contribution < 1.29 is 28.5 Å². The summed E-state index contributed by atoms with van der Waals surface area (Å²) in [7, 11) is 1.56. The Labute approximate surface area is 221 Å². The molecular weight excluding hydrogens is 492 g/mol. The fraction of sp³-hybridized carbons (Fsp3) is 0.357. The van der Waals surface area contributed by atoms with Crippen LogP contribution in [0.25, 0.3) is 0 Å². The monoisotopic (exact) mass is 524 g/mol. The zero-order valence-corrected chi connectivity index (χ0v) is 22.0. The molecular formula is C28H32N2O6S. The lowest BCUT2D eigenvalue weighted by Crippen LogP contribution is -2.38. The average molecular weight is 525 g/mol. The molecule has 0 radical (unpaired) electrons. The van der Waals surface area contributed by atoms with Crippen LogP contribution in [0.5, 0.6) is 17.2 Å². The van der Waals surface area contributed by atoms with Crippen molar-refractivity contribution >= 4 is 23.4 Å². The maximum absolute atomic E-state index is 12.9. The second-order valence-electron chi connectivity index (χ2n) is 8.59. The van der Waals surface area contributed by atoms with Gasteiger partial charge in [0.05, 0.1) is 13.7 Å². The number of esters is 1. The maximum atomic E-state index is 12.9. The third-order valence-corrected chi connectivity index (χ3v) is 7.03. The van der Waals surface area contributed by atoms with Gasteiger partial charge in [-0.3, -0.25) is 14.6 Å². The zero-order valence-electron chi connectivity index (χ0n) is 21.2. The Morgan fingerprint density at radius 1 is 1.00 bits per heavy atom. The minimum atomic E-state index is -0.645. The number of thiophene rings is 1. The lowest BCUT2D eigenvalue weighted by atomic mass is 10.1. The molecule has 0 aliphatic carbocycles. The van der Waals surface area contributed by atoms with Gasteiger partial charge in [0.1, 0.15) is 30.4 Å². The van der Waals surface area contributed by atoms with Gasteiger partial charge < -0.3 is 18.9 Å². The minimum absolute atomic E-state index is 0.185. The van der Waals surface area contributed by atoms with E-state index in [-0.39, 0.29) is 19.7 Å². The van der Waals surface area contributed by atoms with Crippen LogP contribution in [0, 0.1) is 0 Å². The van der Waals surface area contributed by atoms with Gasteiger partial charge in [0.2, 0.25) is 0 Å². The molecule has 1 aliphatic rings. The van der Waals surface area contributed by atoms with Gasteiger partial charge in [-0.2, -0.15) is 0 Å². The molecule has 2 heterocycles. The first-order valence-electron chi connectivity index (χ1n) is 12.3. The summed E-state index contributed by atoms with van der Waals surface area (Å²) in [5.74, 6) is 1.27. The molecule has 1 aromatic heterocycles. The van der Waals surface area contributed by atoms with Gasteiger partial charge in [0, 0.05) is 31.1 Å². The van der Waals surface area contributed by atoms with Gasteiger partial charge in [-0.25, -0.2) is 4.79 Å². The van der Waals surface area contributed by atoms with Crippen molar-refractivity contribution in [3.63, 3.8) is 0 Å². The summed E-state index contributed by atoms with van der Waals surface area (Å²) in [6.07, 6.45) is 0.458. The Balaban J connectivity index is 1.30. The fourth-order valence-corrected chi connectivity index (χ4v) is 4.95. The summed E-state index contributed by atoms with van der Waals surface area (Å²) in [4.78, 5) is 30.2. The summed E-state index contributed by atoms with van der Waals surface area (Å²) in [5.41, 5.74) is 2.27. The van der Waals surface area contributed by atoms with Crippen LogP contribution in [-0.4, -0.2) is 61.8 Å². The highest BCUT2D eigenvalue weighted by Gasteiger charge is 2.21. The van der Waals surface area contributed by atoms with E-state index >= 15 is 0 Å². The Morgan fingerprint density at radius 3 is 2.46 bits per heavy atom. The van der Waals surface area contributed by atoms with E-state index in [0.29, 0.717) is 18.1 Å². The average Bonchev–Trinajstić information content (AvgIpc) is 3.38. The lowest BCUT2D eigenvalue weighted by molar-refractivity contribution is -0.144. The van der Waals surface area contributed by atoms with Crippen LogP contribution in [0.4, 0.5) is 4.79 Å². The zero-order chi connectivity index (χ0) is 26.0. The van der Waals surface area contributed by atoms with Gasteiger partial charge in [-0.15, -0.1) is 11.3 Å². The van der Waals surface area contributed by atoms with Crippen molar-refractivity contribution in [2.75, 3.05) is 40.0 Å². The largest absolute Gasteiger partial charge is 0.497 e. The van der Waals surface area contributed by atoms with Crippen LogP contribution in [-0.2, 0) is 29.0 Å². The van der Waals surface area contributed by atoms with Crippen LogP contribution < -0.4 is 14.2 Å². The molecule has 3 aromatic rings. The number of rotatable bonds is 11. The van der Waals surface area contributed by atoms with Crippen molar-refractivity contribution in [1.29, 1.82) is 0 Å². The van der Waals surface area contributed by atoms with E-state index in [2.05, 4.69) is 16.3 Å². The number of nitrogens with zero attached hydrogens (tertiary/aromatic N) is 2. The van der Waals surface area contributed by atoms with Crippen molar-refractivity contribution in [2.24, 2.45) is 0 Å². The van der Waals surface area contributed by atoms with Crippen LogP contribution >= 0.6 is 11.3 Å². The SMILES string of the molecule is CCOC(=O)CN(Cc1ccc(OCCN2CCc3sccc3C2)cc1)C(=O)Oc1ccc(OC)cc1. The van der Waals surface area contributed by atoms with E-state index in [0.717, 1.165) is 37.4 Å². The van der Waals surface area contributed by atoms with Crippen molar-refractivity contribution in [2.45, 2.75) is 26.4 Å². The number of ether oxygens (including phenoxy) is 4. The number of amides is 1.